The lowest BCUT2D eigenvalue weighted by Gasteiger charge is -2.04. The van der Waals surface area contributed by atoms with Crippen LogP contribution in [0.1, 0.15) is 5.56 Å². The Bertz CT molecular complexity index is 387. The summed E-state index contributed by atoms with van der Waals surface area (Å²) in [6.07, 6.45) is 1.63. The molecule has 0 aliphatic rings. The Balaban J connectivity index is 1.54. The molecule has 0 N–H and O–H groups in total. The zero-order valence-corrected chi connectivity index (χ0v) is 11.8. The molecule has 0 atom stereocenters. The maximum absolute atomic E-state index is 5.22. The molecular formula is C15H18O2Si. The molecule has 0 heterocycles. The second kappa shape index (κ2) is 7.82. The molecule has 0 aromatic heterocycles. The predicted octanol–water partition coefficient (Wildman–Crippen LogP) is 1.63. The molecule has 0 unspecified atom stereocenters. The SMILES string of the molecule is c1ccc(CCOOC[SiH2]c2ccccc2)cc1. The fraction of sp³-hybridized carbons (Fsp3) is 0.200. The molecule has 94 valence electrons. The molecule has 0 bridgehead atoms. The first-order valence-corrected chi connectivity index (χ1v) is 7.98. The minimum Gasteiger partial charge on any atom is -0.240 e. The smallest absolute Gasteiger partial charge is 0.0890 e. The van der Waals surface area contributed by atoms with Crippen molar-refractivity contribution in [3.63, 3.8) is 0 Å². The van der Waals surface area contributed by atoms with Gasteiger partial charge in [0.05, 0.1) is 22.4 Å². The van der Waals surface area contributed by atoms with Crippen molar-refractivity contribution >= 4 is 14.7 Å². The van der Waals surface area contributed by atoms with E-state index >= 15 is 0 Å². The van der Waals surface area contributed by atoms with E-state index in [1.807, 2.05) is 24.3 Å². The quantitative estimate of drug-likeness (QED) is 0.325. The average molecular weight is 258 g/mol. The van der Waals surface area contributed by atoms with Gasteiger partial charge >= 0.3 is 0 Å². The number of hydrogen-bond acceptors (Lipinski definition) is 2. The Morgan fingerprint density at radius 3 is 2.17 bits per heavy atom. The summed E-state index contributed by atoms with van der Waals surface area (Å²) >= 11 is 0. The van der Waals surface area contributed by atoms with Gasteiger partial charge in [0.15, 0.2) is 0 Å². The van der Waals surface area contributed by atoms with Crippen LogP contribution in [0.3, 0.4) is 0 Å². The Hall–Kier alpha value is -1.42. The highest BCUT2D eigenvalue weighted by Gasteiger charge is 1.95. The lowest BCUT2D eigenvalue weighted by molar-refractivity contribution is -0.280. The molecule has 0 radical (unpaired) electrons. The van der Waals surface area contributed by atoms with E-state index in [2.05, 4.69) is 36.4 Å². The molecule has 2 rings (SSSR count). The van der Waals surface area contributed by atoms with Gasteiger partial charge in [-0.25, -0.2) is 9.78 Å². The third-order valence-corrected chi connectivity index (χ3v) is 4.14. The molecule has 0 amide bonds. The van der Waals surface area contributed by atoms with Gasteiger partial charge in [-0.05, 0) is 12.0 Å². The van der Waals surface area contributed by atoms with Crippen LogP contribution < -0.4 is 5.19 Å². The van der Waals surface area contributed by atoms with Crippen LogP contribution in [0.2, 0.25) is 0 Å². The molecule has 0 saturated carbocycles. The third kappa shape index (κ3) is 4.83. The van der Waals surface area contributed by atoms with E-state index in [1.54, 1.807) is 0 Å². The van der Waals surface area contributed by atoms with Crippen LogP contribution in [-0.2, 0) is 16.2 Å². The van der Waals surface area contributed by atoms with Crippen LogP contribution in [0.25, 0.3) is 0 Å². The Kier molecular flexibility index (Phi) is 5.65. The van der Waals surface area contributed by atoms with Gasteiger partial charge in [-0.1, -0.05) is 65.9 Å². The molecule has 2 nitrogen and oxygen atoms in total. The van der Waals surface area contributed by atoms with Crippen LogP contribution in [0.15, 0.2) is 60.7 Å². The monoisotopic (exact) mass is 258 g/mol. The summed E-state index contributed by atoms with van der Waals surface area (Å²) in [6.45, 7) is 0.618. The van der Waals surface area contributed by atoms with Crippen LogP contribution >= 0.6 is 0 Å². The molecule has 0 spiro atoms. The summed E-state index contributed by atoms with van der Waals surface area (Å²) in [5.74, 6) is 0. The van der Waals surface area contributed by atoms with Gasteiger partial charge in [-0.3, -0.25) is 0 Å². The van der Waals surface area contributed by atoms with E-state index in [0.717, 1.165) is 12.7 Å². The normalized spacial score (nSPS) is 11.1. The molecule has 0 saturated heterocycles. The van der Waals surface area contributed by atoms with Gasteiger partial charge in [-0.15, -0.1) is 0 Å². The van der Waals surface area contributed by atoms with Crippen molar-refractivity contribution in [3.05, 3.63) is 66.2 Å². The van der Waals surface area contributed by atoms with E-state index in [1.165, 1.54) is 10.8 Å². The summed E-state index contributed by atoms with van der Waals surface area (Å²) in [4.78, 5) is 10.4. The van der Waals surface area contributed by atoms with Gasteiger partial charge in [0.1, 0.15) is 0 Å². The zero-order valence-electron chi connectivity index (χ0n) is 10.4. The van der Waals surface area contributed by atoms with Gasteiger partial charge in [0.2, 0.25) is 0 Å². The second-order valence-corrected chi connectivity index (χ2v) is 5.84. The number of rotatable bonds is 7. The van der Waals surface area contributed by atoms with Crippen molar-refractivity contribution in [2.24, 2.45) is 0 Å². The lowest BCUT2D eigenvalue weighted by Crippen LogP contribution is -2.19. The van der Waals surface area contributed by atoms with Gasteiger partial charge in [0.25, 0.3) is 0 Å². The summed E-state index contributed by atoms with van der Waals surface area (Å²) in [7, 11) is -0.349. The molecule has 0 aliphatic carbocycles. The topological polar surface area (TPSA) is 18.5 Å². The van der Waals surface area contributed by atoms with Crippen LogP contribution in [-0.4, -0.2) is 22.4 Å². The fourth-order valence-electron chi connectivity index (χ4n) is 1.73. The largest absolute Gasteiger partial charge is 0.240 e. The van der Waals surface area contributed by atoms with E-state index in [9.17, 15) is 0 Å². The van der Waals surface area contributed by atoms with Crippen molar-refractivity contribution in [1.82, 2.24) is 0 Å². The first-order chi connectivity index (χ1) is 8.95. The molecule has 3 heteroatoms. The van der Waals surface area contributed by atoms with Gasteiger partial charge in [0, 0.05) is 0 Å². The third-order valence-electron chi connectivity index (χ3n) is 2.72. The minimum absolute atomic E-state index is 0.349. The highest BCUT2D eigenvalue weighted by Crippen LogP contribution is 1.99. The van der Waals surface area contributed by atoms with E-state index < -0.39 is 0 Å². The summed E-state index contributed by atoms with van der Waals surface area (Å²) < 4.78 is 0. The Labute approximate surface area is 110 Å². The number of benzene rings is 2. The summed E-state index contributed by atoms with van der Waals surface area (Å²) in [5, 5.41) is 1.41. The van der Waals surface area contributed by atoms with Crippen molar-refractivity contribution in [3.8, 4) is 0 Å². The molecular weight excluding hydrogens is 240 g/mol. The summed E-state index contributed by atoms with van der Waals surface area (Å²) in [5.41, 5.74) is 1.28. The Morgan fingerprint density at radius 1 is 0.778 bits per heavy atom. The van der Waals surface area contributed by atoms with Crippen LogP contribution in [0.4, 0.5) is 0 Å². The first kappa shape index (κ1) is 13.0. The van der Waals surface area contributed by atoms with Gasteiger partial charge < -0.3 is 0 Å². The number of hydrogen-bond donors (Lipinski definition) is 0. The van der Waals surface area contributed by atoms with E-state index in [0.29, 0.717) is 6.61 Å². The van der Waals surface area contributed by atoms with Gasteiger partial charge in [-0.2, -0.15) is 0 Å². The Morgan fingerprint density at radius 2 is 1.44 bits per heavy atom. The second-order valence-electron chi connectivity index (χ2n) is 4.12. The maximum atomic E-state index is 5.22. The van der Waals surface area contributed by atoms with E-state index in [-0.39, 0.29) is 9.52 Å². The lowest BCUT2D eigenvalue weighted by atomic mass is 10.2. The highest BCUT2D eigenvalue weighted by molar-refractivity contribution is 6.53. The first-order valence-electron chi connectivity index (χ1n) is 6.27. The maximum Gasteiger partial charge on any atom is 0.0890 e. The average Bonchev–Trinajstić information content (AvgIpc) is 2.45. The fourth-order valence-corrected chi connectivity index (χ4v) is 2.77. The molecule has 2 aromatic carbocycles. The molecule has 0 aliphatic heterocycles. The zero-order chi connectivity index (χ0) is 12.5. The van der Waals surface area contributed by atoms with E-state index in [4.69, 9.17) is 9.78 Å². The van der Waals surface area contributed by atoms with Crippen LogP contribution in [0.5, 0.6) is 0 Å². The van der Waals surface area contributed by atoms with Crippen molar-refractivity contribution in [1.29, 1.82) is 0 Å². The van der Waals surface area contributed by atoms with Crippen molar-refractivity contribution in [2.75, 3.05) is 12.8 Å². The molecule has 0 fully saturated rings. The van der Waals surface area contributed by atoms with Crippen LogP contribution in [0, 0.1) is 0 Å². The summed E-state index contributed by atoms with van der Waals surface area (Å²) in [6, 6.07) is 20.8. The molecule has 2 aromatic rings. The van der Waals surface area contributed by atoms with Crippen molar-refractivity contribution in [2.45, 2.75) is 6.42 Å². The highest BCUT2D eigenvalue weighted by atomic mass is 28.2. The molecule has 18 heavy (non-hydrogen) atoms. The van der Waals surface area contributed by atoms with Crippen molar-refractivity contribution < 1.29 is 9.78 Å². The minimum atomic E-state index is -0.349. The predicted molar refractivity (Wildman–Crippen MR) is 76.7 cm³/mol. The standard InChI is InChI=1S/C15H18O2Si/c1-3-7-14(8-4-1)11-12-16-17-13-18-15-9-5-2-6-10-15/h1-10H,11-13,18H2.